The summed E-state index contributed by atoms with van der Waals surface area (Å²) in [4.78, 5) is 12.0. The van der Waals surface area contributed by atoms with Crippen LogP contribution in [0.3, 0.4) is 0 Å². The van der Waals surface area contributed by atoms with Gasteiger partial charge in [0.25, 0.3) is 0 Å². The first kappa shape index (κ1) is 16.1. The highest BCUT2D eigenvalue weighted by Gasteiger charge is 2.55. The molecule has 20 heavy (non-hydrogen) atoms. The molecule has 2 aliphatic rings. The van der Waals surface area contributed by atoms with Crippen LogP contribution in [-0.4, -0.2) is 42.7 Å². The van der Waals surface area contributed by atoms with Crippen LogP contribution in [0.4, 0.5) is 4.79 Å². The third-order valence-electron chi connectivity index (χ3n) is 4.39. The predicted octanol–water partition coefficient (Wildman–Crippen LogP) is 3.12. The molecule has 0 aromatic rings. The van der Waals surface area contributed by atoms with Crippen molar-refractivity contribution in [3.8, 4) is 0 Å². The number of halogens is 2. The molecule has 0 N–H and O–H groups in total. The summed E-state index contributed by atoms with van der Waals surface area (Å²) < 4.78 is 20.7. The Hall–Kier alpha value is -0.230. The Balaban J connectivity index is 1.95. The lowest BCUT2D eigenvalue weighted by Gasteiger charge is -2.48. The van der Waals surface area contributed by atoms with Gasteiger partial charge in [0.1, 0.15) is 0 Å². The van der Waals surface area contributed by atoms with E-state index >= 15 is 0 Å². The van der Waals surface area contributed by atoms with Crippen molar-refractivity contribution >= 4 is 29.4 Å². The molecule has 2 unspecified atom stereocenters. The van der Waals surface area contributed by atoms with E-state index in [-0.39, 0.29) is 0 Å². The molecule has 0 aliphatic carbocycles. The van der Waals surface area contributed by atoms with Crippen molar-refractivity contribution in [1.29, 1.82) is 0 Å². The smallest absolute Gasteiger partial charge is 0.411 e. The maximum absolute atomic E-state index is 12.0. The molecule has 2 aliphatic heterocycles. The minimum absolute atomic E-state index is 0.431. The van der Waals surface area contributed by atoms with Gasteiger partial charge in [-0.25, -0.2) is 4.79 Å². The van der Waals surface area contributed by atoms with Crippen LogP contribution < -0.4 is 0 Å². The number of alkyl halides is 2. The molecule has 0 saturated carbocycles. The maximum atomic E-state index is 12.0. The van der Waals surface area contributed by atoms with E-state index in [1.54, 1.807) is 13.8 Å². The zero-order chi connectivity index (χ0) is 15.2. The largest absolute Gasteiger partial charge is 0.511 e. The molecule has 2 fully saturated rings. The van der Waals surface area contributed by atoms with E-state index < -0.39 is 27.1 Å². The lowest BCUT2D eigenvalue weighted by Crippen LogP contribution is -2.58. The Labute approximate surface area is 128 Å². The lowest BCUT2D eigenvalue weighted by atomic mass is 9.82. The Morgan fingerprint density at radius 1 is 0.950 bits per heavy atom. The molecule has 0 radical (unpaired) electrons. The summed E-state index contributed by atoms with van der Waals surface area (Å²) in [6.07, 6.45) is -0.888. The van der Waals surface area contributed by atoms with E-state index in [0.29, 0.717) is 26.4 Å². The second-order valence-corrected chi connectivity index (χ2v) is 7.84. The van der Waals surface area contributed by atoms with Gasteiger partial charge in [0.15, 0.2) is 10.1 Å². The summed E-state index contributed by atoms with van der Waals surface area (Å²) in [5, 5.41) is -2.40. The number of carbonyl (C=O) groups excluding carboxylic acids is 1. The summed E-state index contributed by atoms with van der Waals surface area (Å²) in [7, 11) is 0. The van der Waals surface area contributed by atoms with Crippen molar-refractivity contribution in [2.24, 2.45) is 10.8 Å². The van der Waals surface area contributed by atoms with Gasteiger partial charge in [0.05, 0.1) is 37.3 Å². The highest BCUT2D eigenvalue weighted by Crippen LogP contribution is 2.46. The highest BCUT2D eigenvalue weighted by atomic mass is 35.5. The van der Waals surface area contributed by atoms with Crippen molar-refractivity contribution in [2.45, 2.75) is 37.8 Å². The number of rotatable bonds is 4. The molecule has 2 heterocycles. The summed E-state index contributed by atoms with van der Waals surface area (Å²) in [6.45, 7) is 8.76. The fourth-order valence-corrected chi connectivity index (χ4v) is 2.26. The van der Waals surface area contributed by atoms with Gasteiger partial charge in [-0.05, 0) is 13.8 Å². The van der Waals surface area contributed by atoms with Crippen LogP contribution in [0.25, 0.3) is 0 Å². The molecule has 0 aromatic heterocycles. The standard InChI is InChI=1S/C13H20Cl2O5/c1-10(5-17-6-10)12(3,14)19-9(16)20-13(4,15)11(2)7-18-8-11/h5-8H2,1-4H3. The van der Waals surface area contributed by atoms with Crippen LogP contribution >= 0.6 is 23.2 Å². The SMILES string of the molecule is CC1(C(C)(Cl)OC(=O)OC(C)(Cl)C2(C)COC2)COC1. The summed E-state index contributed by atoms with van der Waals surface area (Å²) in [5.41, 5.74) is -0.862. The van der Waals surface area contributed by atoms with Gasteiger partial charge in [0, 0.05) is 0 Å². The average molecular weight is 327 g/mol. The first-order chi connectivity index (χ1) is 9.02. The van der Waals surface area contributed by atoms with Crippen LogP contribution in [-0.2, 0) is 18.9 Å². The molecule has 5 nitrogen and oxygen atoms in total. The number of hydrogen-bond donors (Lipinski definition) is 0. The zero-order valence-corrected chi connectivity index (χ0v) is 13.6. The molecule has 2 saturated heterocycles. The van der Waals surface area contributed by atoms with Crippen molar-refractivity contribution in [2.75, 3.05) is 26.4 Å². The number of carbonyl (C=O) groups is 1. The quantitative estimate of drug-likeness (QED) is 0.586. The van der Waals surface area contributed by atoms with E-state index in [0.717, 1.165) is 0 Å². The topological polar surface area (TPSA) is 54.0 Å². The predicted molar refractivity (Wildman–Crippen MR) is 73.9 cm³/mol. The van der Waals surface area contributed by atoms with Gasteiger partial charge >= 0.3 is 6.16 Å². The first-order valence-electron chi connectivity index (χ1n) is 6.47. The summed E-state index contributed by atoms with van der Waals surface area (Å²) >= 11 is 12.6. The summed E-state index contributed by atoms with van der Waals surface area (Å²) in [6, 6.07) is 0. The van der Waals surface area contributed by atoms with E-state index in [4.69, 9.17) is 42.1 Å². The highest BCUT2D eigenvalue weighted by molar-refractivity contribution is 6.24. The van der Waals surface area contributed by atoms with Gasteiger partial charge in [-0.2, -0.15) is 0 Å². The van der Waals surface area contributed by atoms with E-state index in [2.05, 4.69) is 0 Å². The molecule has 0 aromatic carbocycles. The van der Waals surface area contributed by atoms with Gasteiger partial charge in [0.2, 0.25) is 0 Å². The molecule has 0 amide bonds. The van der Waals surface area contributed by atoms with Crippen molar-refractivity contribution in [3.63, 3.8) is 0 Å². The molecule has 2 rings (SSSR count). The van der Waals surface area contributed by atoms with Crippen LogP contribution in [0.1, 0.15) is 27.7 Å². The van der Waals surface area contributed by atoms with Crippen LogP contribution in [0, 0.1) is 10.8 Å². The first-order valence-corrected chi connectivity index (χ1v) is 7.22. The maximum Gasteiger partial charge on any atom is 0.511 e. The lowest BCUT2D eigenvalue weighted by molar-refractivity contribution is -0.201. The van der Waals surface area contributed by atoms with E-state index in [9.17, 15) is 4.79 Å². The van der Waals surface area contributed by atoms with Crippen LogP contribution in [0.15, 0.2) is 0 Å². The number of ether oxygens (including phenoxy) is 4. The molecule has 0 bridgehead atoms. The second kappa shape index (κ2) is 4.90. The molecule has 0 spiro atoms. The van der Waals surface area contributed by atoms with Crippen molar-refractivity contribution in [3.05, 3.63) is 0 Å². The Morgan fingerprint density at radius 3 is 1.45 bits per heavy atom. The molecular formula is C13H20Cl2O5. The Bertz CT molecular complexity index is 364. The molecule has 116 valence electrons. The molecule has 2 atom stereocenters. The molecule has 7 heteroatoms. The fourth-order valence-electron chi connectivity index (χ4n) is 1.91. The van der Waals surface area contributed by atoms with E-state index in [1.807, 2.05) is 13.8 Å². The average Bonchev–Trinajstić information content (AvgIpc) is 2.20. The zero-order valence-electron chi connectivity index (χ0n) is 12.1. The van der Waals surface area contributed by atoms with Crippen LogP contribution in [0.2, 0.25) is 0 Å². The molecular weight excluding hydrogens is 307 g/mol. The van der Waals surface area contributed by atoms with E-state index in [1.165, 1.54) is 0 Å². The van der Waals surface area contributed by atoms with Crippen molar-refractivity contribution in [1.82, 2.24) is 0 Å². The Kier molecular flexibility index (Phi) is 3.96. The second-order valence-electron chi connectivity index (χ2n) is 6.39. The number of hydrogen-bond acceptors (Lipinski definition) is 5. The third kappa shape index (κ3) is 2.61. The Morgan fingerprint density at radius 2 is 1.25 bits per heavy atom. The van der Waals surface area contributed by atoms with Gasteiger partial charge in [-0.3, -0.25) is 0 Å². The van der Waals surface area contributed by atoms with Gasteiger partial charge in [-0.15, -0.1) is 0 Å². The third-order valence-corrected chi connectivity index (χ3v) is 5.46. The van der Waals surface area contributed by atoms with Crippen molar-refractivity contribution < 1.29 is 23.7 Å². The van der Waals surface area contributed by atoms with Gasteiger partial charge in [-0.1, -0.05) is 37.0 Å². The minimum Gasteiger partial charge on any atom is -0.411 e. The normalized spacial score (nSPS) is 29.1. The summed E-state index contributed by atoms with van der Waals surface area (Å²) in [5.74, 6) is 0. The van der Waals surface area contributed by atoms with Crippen LogP contribution in [0.5, 0.6) is 0 Å². The minimum atomic E-state index is -1.20. The fraction of sp³-hybridized carbons (Fsp3) is 0.923. The van der Waals surface area contributed by atoms with Gasteiger partial charge < -0.3 is 18.9 Å². The monoisotopic (exact) mass is 326 g/mol.